The predicted molar refractivity (Wildman–Crippen MR) is 110 cm³/mol. The van der Waals surface area contributed by atoms with Crippen molar-refractivity contribution in [1.29, 1.82) is 0 Å². The number of fused-ring (bicyclic) bond motifs is 1. The molecule has 0 aliphatic rings. The molecule has 0 unspecified atom stereocenters. The Bertz CT molecular complexity index is 982. The molecule has 1 amide bonds. The number of rotatable bonds is 9. The maximum Gasteiger partial charge on any atom is 0.243 e. The van der Waals surface area contributed by atoms with E-state index in [2.05, 4.69) is 15.3 Å². The standard InChI is InChI=1S/C20H21ClN4O4/c1-28-17-11-16-15(10-18(17)29-9-3-2-4-19(26)25-27)20(23-12-22-16)24-14-7-5-13(21)6-8-14/h5-8,10-12,27H,2-4,9H2,1H3,(H,25,26)(H,22,23,24). The van der Waals surface area contributed by atoms with E-state index < -0.39 is 5.91 Å². The zero-order valence-electron chi connectivity index (χ0n) is 15.8. The molecule has 0 saturated heterocycles. The molecule has 3 aromatic rings. The predicted octanol–water partition coefficient (Wildman–Crippen LogP) is 4.09. The van der Waals surface area contributed by atoms with Gasteiger partial charge in [-0.3, -0.25) is 10.0 Å². The lowest BCUT2D eigenvalue weighted by Gasteiger charge is -2.14. The summed E-state index contributed by atoms with van der Waals surface area (Å²) in [7, 11) is 1.56. The molecule has 0 saturated carbocycles. The summed E-state index contributed by atoms with van der Waals surface area (Å²) in [6, 6.07) is 10.9. The number of hydrogen-bond acceptors (Lipinski definition) is 7. The SMILES string of the molecule is COc1cc2ncnc(Nc3ccc(Cl)cc3)c2cc1OCCCCC(=O)NO. The van der Waals surface area contributed by atoms with Gasteiger partial charge in [-0.25, -0.2) is 15.4 Å². The number of hydrogen-bond donors (Lipinski definition) is 3. The van der Waals surface area contributed by atoms with Gasteiger partial charge in [0.2, 0.25) is 5.91 Å². The lowest BCUT2D eigenvalue weighted by atomic mass is 10.2. The van der Waals surface area contributed by atoms with E-state index >= 15 is 0 Å². The number of benzene rings is 2. The molecule has 9 heteroatoms. The Balaban J connectivity index is 1.78. The number of ether oxygens (including phenoxy) is 2. The fourth-order valence-corrected chi connectivity index (χ4v) is 2.86. The first kappa shape index (κ1) is 20.6. The van der Waals surface area contributed by atoms with Crippen molar-refractivity contribution < 1.29 is 19.5 Å². The quantitative estimate of drug-likeness (QED) is 0.274. The average Bonchev–Trinajstić information content (AvgIpc) is 2.74. The van der Waals surface area contributed by atoms with Crippen LogP contribution in [0.5, 0.6) is 11.5 Å². The van der Waals surface area contributed by atoms with E-state index in [1.54, 1.807) is 30.8 Å². The molecule has 0 aliphatic heterocycles. The fraction of sp³-hybridized carbons (Fsp3) is 0.250. The van der Waals surface area contributed by atoms with Gasteiger partial charge in [-0.15, -0.1) is 0 Å². The summed E-state index contributed by atoms with van der Waals surface area (Å²) < 4.78 is 11.3. The summed E-state index contributed by atoms with van der Waals surface area (Å²) in [6.45, 7) is 0.397. The van der Waals surface area contributed by atoms with Crippen LogP contribution in [0.4, 0.5) is 11.5 Å². The molecule has 1 aromatic heterocycles. The van der Waals surface area contributed by atoms with Gasteiger partial charge < -0.3 is 14.8 Å². The number of nitrogens with zero attached hydrogens (tertiary/aromatic N) is 2. The molecule has 0 spiro atoms. The number of aromatic nitrogens is 2. The zero-order chi connectivity index (χ0) is 20.6. The van der Waals surface area contributed by atoms with Gasteiger partial charge in [0, 0.05) is 28.6 Å². The first-order chi connectivity index (χ1) is 14.1. The number of unbranched alkanes of at least 4 members (excludes halogenated alkanes) is 1. The van der Waals surface area contributed by atoms with Gasteiger partial charge in [0.25, 0.3) is 0 Å². The third kappa shape index (κ3) is 5.46. The van der Waals surface area contributed by atoms with E-state index in [1.807, 2.05) is 18.2 Å². The molecule has 0 atom stereocenters. The van der Waals surface area contributed by atoms with Crippen LogP contribution >= 0.6 is 11.6 Å². The van der Waals surface area contributed by atoms with Crippen molar-refractivity contribution in [2.24, 2.45) is 0 Å². The third-order valence-electron chi connectivity index (χ3n) is 4.21. The van der Waals surface area contributed by atoms with Gasteiger partial charge in [-0.2, -0.15) is 0 Å². The molecule has 1 heterocycles. The van der Waals surface area contributed by atoms with Crippen LogP contribution in [0.15, 0.2) is 42.7 Å². The van der Waals surface area contributed by atoms with Crippen molar-refractivity contribution in [2.45, 2.75) is 19.3 Å². The number of amides is 1. The van der Waals surface area contributed by atoms with Crippen LogP contribution in [-0.2, 0) is 4.79 Å². The van der Waals surface area contributed by atoms with Crippen molar-refractivity contribution in [3.05, 3.63) is 47.7 Å². The van der Waals surface area contributed by atoms with Crippen LogP contribution < -0.4 is 20.3 Å². The van der Waals surface area contributed by atoms with Gasteiger partial charge in [0.1, 0.15) is 12.1 Å². The van der Waals surface area contributed by atoms with Gasteiger partial charge in [0.15, 0.2) is 11.5 Å². The Kier molecular flexibility index (Phi) is 7.04. The molecule has 0 radical (unpaired) electrons. The third-order valence-corrected chi connectivity index (χ3v) is 4.46. The Labute approximate surface area is 172 Å². The summed E-state index contributed by atoms with van der Waals surface area (Å²) in [6.07, 6.45) is 2.95. The number of carbonyl (C=O) groups excluding carboxylic acids is 1. The van der Waals surface area contributed by atoms with E-state index in [9.17, 15) is 4.79 Å². The van der Waals surface area contributed by atoms with E-state index in [0.29, 0.717) is 47.3 Å². The number of hydroxylamine groups is 1. The molecule has 3 rings (SSSR count). The molecular weight excluding hydrogens is 396 g/mol. The molecule has 3 N–H and O–H groups in total. The summed E-state index contributed by atoms with van der Waals surface area (Å²) in [4.78, 5) is 19.7. The molecule has 0 bridgehead atoms. The van der Waals surface area contributed by atoms with Gasteiger partial charge in [-0.05, 0) is 43.2 Å². The fourth-order valence-electron chi connectivity index (χ4n) is 2.73. The zero-order valence-corrected chi connectivity index (χ0v) is 16.6. The summed E-state index contributed by atoms with van der Waals surface area (Å²) >= 11 is 5.94. The summed E-state index contributed by atoms with van der Waals surface area (Å²) in [5.41, 5.74) is 3.16. The van der Waals surface area contributed by atoms with Crippen molar-refractivity contribution in [1.82, 2.24) is 15.4 Å². The lowest BCUT2D eigenvalue weighted by molar-refractivity contribution is -0.129. The average molecular weight is 417 g/mol. The van der Waals surface area contributed by atoms with Crippen LogP contribution in [0.2, 0.25) is 5.02 Å². The molecule has 152 valence electrons. The molecule has 2 aromatic carbocycles. The van der Waals surface area contributed by atoms with Gasteiger partial charge >= 0.3 is 0 Å². The topological polar surface area (TPSA) is 106 Å². The van der Waals surface area contributed by atoms with Crippen molar-refractivity contribution in [2.75, 3.05) is 19.0 Å². The first-order valence-corrected chi connectivity index (χ1v) is 9.39. The number of carbonyl (C=O) groups is 1. The first-order valence-electron chi connectivity index (χ1n) is 9.02. The maximum absolute atomic E-state index is 11.0. The Morgan fingerprint density at radius 1 is 1.14 bits per heavy atom. The molecule has 29 heavy (non-hydrogen) atoms. The number of methoxy groups -OCH3 is 1. The van der Waals surface area contributed by atoms with Crippen molar-refractivity contribution in [3.8, 4) is 11.5 Å². The normalized spacial score (nSPS) is 10.6. The Morgan fingerprint density at radius 2 is 1.93 bits per heavy atom. The van der Waals surface area contributed by atoms with Gasteiger partial charge in [0.05, 0.1) is 19.2 Å². The minimum Gasteiger partial charge on any atom is -0.493 e. The second-order valence-corrected chi connectivity index (χ2v) is 6.65. The Morgan fingerprint density at radius 3 is 2.66 bits per heavy atom. The Hall–Kier alpha value is -3.10. The van der Waals surface area contributed by atoms with Crippen molar-refractivity contribution >= 4 is 39.9 Å². The minimum absolute atomic E-state index is 0.234. The van der Waals surface area contributed by atoms with Gasteiger partial charge in [-0.1, -0.05) is 11.6 Å². The van der Waals surface area contributed by atoms with Crippen LogP contribution in [-0.4, -0.2) is 34.8 Å². The number of anilines is 2. The minimum atomic E-state index is -0.414. The highest BCUT2D eigenvalue weighted by Crippen LogP contribution is 2.35. The largest absolute Gasteiger partial charge is 0.493 e. The molecule has 0 fully saturated rings. The number of halogens is 1. The summed E-state index contributed by atoms with van der Waals surface area (Å²) in [5.74, 6) is 1.33. The highest BCUT2D eigenvalue weighted by molar-refractivity contribution is 6.30. The van der Waals surface area contributed by atoms with Crippen LogP contribution in [0.25, 0.3) is 10.9 Å². The maximum atomic E-state index is 11.0. The summed E-state index contributed by atoms with van der Waals surface area (Å²) in [5, 5.41) is 13.2. The molecule has 0 aliphatic carbocycles. The second-order valence-electron chi connectivity index (χ2n) is 6.21. The van der Waals surface area contributed by atoms with Crippen LogP contribution in [0.1, 0.15) is 19.3 Å². The van der Waals surface area contributed by atoms with Crippen molar-refractivity contribution in [3.63, 3.8) is 0 Å². The van der Waals surface area contributed by atoms with Crippen LogP contribution in [0, 0.1) is 0 Å². The lowest BCUT2D eigenvalue weighted by Crippen LogP contribution is -2.18. The second kappa shape index (κ2) is 9.90. The number of nitrogens with one attached hydrogen (secondary N) is 2. The van der Waals surface area contributed by atoms with E-state index in [4.69, 9.17) is 26.3 Å². The molecular formula is C20H21ClN4O4. The van der Waals surface area contributed by atoms with E-state index in [1.165, 1.54) is 6.33 Å². The highest BCUT2D eigenvalue weighted by Gasteiger charge is 2.12. The van der Waals surface area contributed by atoms with E-state index in [0.717, 1.165) is 11.1 Å². The van der Waals surface area contributed by atoms with Crippen LogP contribution in [0.3, 0.4) is 0 Å². The van der Waals surface area contributed by atoms with E-state index in [-0.39, 0.29) is 6.42 Å². The monoisotopic (exact) mass is 416 g/mol. The molecule has 8 nitrogen and oxygen atoms in total. The highest BCUT2D eigenvalue weighted by atomic mass is 35.5. The smallest absolute Gasteiger partial charge is 0.243 e.